The smallest absolute Gasteiger partial charge is 0.290 e. The van der Waals surface area contributed by atoms with Gasteiger partial charge in [-0.2, -0.15) is 0 Å². The topological polar surface area (TPSA) is 158 Å². The van der Waals surface area contributed by atoms with Gasteiger partial charge in [0, 0.05) is 18.9 Å². The van der Waals surface area contributed by atoms with Crippen LogP contribution in [0.25, 0.3) is 0 Å². The zero-order valence-electron chi connectivity index (χ0n) is 22.9. The summed E-state index contributed by atoms with van der Waals surface area (Å²) in [7, 11) is 0. The van der Waals surface area contributed by atoms with Crippen molar-refractivity contribution < 1.29 is 39.5 Å². The standard InChI is InChI=1S/C26H44N2O6S.CH2O2/c1-14(2)11-15-7-9-33-21-16(12-15)13-27-17(21)24(32)28-23-22-19(30)18(29)20(31)25(34-22)35-10-6-5-8-26(23,3)4;2-1-3/h5-6,14-23,25,27,29-31H,7-13H2,1-4H3,(H,28,32);1H,(H,2,3)/t15-,16-,17-,18-,19+,20+,21+,22-,23-,25+;/m0./s1. The van der Waals surface area contributed by atoms with Crippen LogP contribution in [0.2, 0.25) is 0 Å². The Morgan fingerprint density at radius 3 is 2.58 bits per heavy atom. The fourth-order valence-electron chi connectivity index (χ4n) is 6.26. The Labute approximate surface area is 229 Å². The van der Waals surface area contributed by atoms with E-state index in [1.807, 2.05) is 19.9 Å². The zero-order valence-corrected chi connectivity index (χ0v) is 23.7. The van der Waals surface area contributed by atoms with Crippen molar-refractivity contribution in [3.05, 3.63) is 12.2 Å². The molecular weight excluding hydrogens is 512 g/mol. The highest BCUT2D eigenvalue weighted by Crippen LogP contribution is 2.39. The van der Waals surface area contributed by atoms with E-state index in [1.54, 1.807) is 0 Å². The minimum Gasteiger partial charge on any atom is -0.483 e. The number of nitrogens with one attached hydrogen (secondary N) is 2. The molecule has 38 heavy (non-hydrogen) atoms. The number of carbonyl (C=O) groups is 2. The molecule has 10 nitrogen and oxygen atoms in total. The van der Waals surface area contributed by atoms with Crippen LogP contribution in [0.3, 0.4) is 0 Å². The fourth-order valence-corrected chi connectivity index (χ4v) is 7.26. The first-order valence-electron chi connectivity index (χ1n) is 13.7. The third-order valence-corrected chi connectivity index (χ3v) is 9.30. The van der Waals surface area contributed by atoms with Gasteiger partial charge in [-0.25, -0.2) is 0 Å². The number of fused-ring (bicyclic) bond motifs is 3. The lowest BCUT2D eigenvalue weighted by molar-refractivity contribution is -0.212. The monoisotopic (exact) mass is 558 g/mol. The summed E-state index contributed by atoms with van der Waals surface area (Å²) in [5.74, 6) is 2.03. The SMILES string of the molecule is CC(C)C[C@@H]1CCO[C@@H]2[C@H](CN[C@@H]2C(=O)N[C@H]2[C@H]3O[C@H](SCC=CCC2(C)C)[C@H](O)[C@@H](O)[C@H]3O)C1.O=CO. The number of ether oxygens (including phenoxy) is 2. The number of aliphatic hydroxyl groups excluding tert-OH is 3. The Morgan fingerprint density at radius 2 is 1.89 bits per heavy atom. The second kappa shape index (κ2) is 13.9. The van der Waals surface area contributed by atoms with Crippen LogP contribution >= 0.6 is 11.8 Å². The van der Waals surface area contributed by atoms with Crippen LogP contribution in [0.1, 0.15) is 53.4 Å². The van der Waals surface area contributed by atoms with Crippen molar-refractivity contribution in [1.82, 2.24) is 10.6 Å². The van der Waals surface area contributed by atoms with E-state index in [1.165, 1.54) is 18.2 Å². The quantitative estimate of drug-likeness (QED) is 0.218. The molecule has 0 aromatic rings. The minimum atomic E-state index is -1.35. The van der Waals surface area contributed by atoms with Gasteiger partial charge in [-0.3, -0.25) is 9.59 Å². The number of rotatable bonds is 4. The number of thioether (sulfide) groups is 1. The van der Waals surface area contributed by atoms with E-state index in [0.717, 1.165) is 19.4 Å². The maximum Gasteiger partial charge on any atom is 0.290 e. The summed E-state index contributed by atoms with van der Waals surface area (Å²) >= 11 is 1.38. The second-order valence-electron chi connectivity index (χ2n) is 12.0. The molecule has 4 rings (SSSR count). The molecule has 3 fully saturated rings. The van der Waals surface area contributed by atoms with Gasteiger partial charge >= 0.3 is 0 Å². The molecule has 2 bridgehead atoms. The van der Waals surface area contributed by atoms with E-state index >= 15 is 0 Å². The van der Waals surface area contributed by atoms with Crippen LogP contribution in [0, 0.1) is 23.2 Å². The number of carboxylic acid groups (broad SMARTS) is 1. The second-order valence-corrected chi connectivity index (χ2v) is 13.2. The van der Waals surface area contributed by atoms with E-state index < -0.39 is 47.4 Å². The van der Waals surface area contributed by atoms with Gasteiger partial charge < -0.3 is 40.5 Å². The Morgan fingerprint density at radius 1 is 1.18 bits per heavy atom. The third-order valence-electron chi connectivity index (χ3n) is 8.19. The number of hydrogen-bond donors (Lipinski definition) is 6. The molecule has 4 aliphatic rings. The highest BCUT2D eigenvalue weighted by molar-refractivity contribution is 7.99. The number of carbonyl (C=O) groups excluding carboxylic acids is 1. The van der Waals surface area contributed by atoms with Crippen molar-refractivity contribution in [2.45, 2.75) is 101 Å². The molecule has 4 heterocycles. The van der Waals surface area contributed by atoms with Crippen LogP contribution in [0.15, 0.2) is 12.2 Å². The molecule has 0 spiro atoms. The molecule has 6 N–H and O–H groups in total. The van der Waals surface area contributed by atoms with E-state index in [0.29, 0.717) is 36.5 Å². The molecule has 1 amide bonds. The van der Waals surface area contributed by atoms with E-state index in [2.05, 4.69) is 30.6 Å². The Balaban J connectivity index is 0.00000127. The van der Waals surface area contributed by atoms with Crippen LogP contribution in [-0.2, 0) is 19.1 Å². The van der Waals surface area contributed by atoms with E-state index in [4.69, 9.17) is 19.4 Å². The summed E-state index contributed by atoms with van der Waals surface area (Å²) in [5, 5.41) is 45.4. The van der Waals surface area contributed by atoms with E-state index in [9.17, 15) is 20.1 Å². The van der Waals surface area contributed by atoms with Crippen molar-refractivity contribution in [2.75, 3.05) is 18.9 Å². The predicted molar refractivity (Wildman–Crippen MR) is 145 cm³/mol. The van der Waals surface area contributed by atoms with Crippen LogP contribution < -0.4 is 10.6 Å². The van der Waals surface area contributed by atoms with Gasteiger partial charge in [-0.15, -0.1) is 11.8 Å². The highest BCUT2D eigenvalue weighted by atomic mass is 32.2. The summed E-state index contributed by atoms with van der Waals surface area (Å²) < 4.78 is 12.4. The van der Waals surface area contributed by atoms with Crippen molar-refractivity contribution in [2.24, 2.45) is 23.2 Å². The fraction of sp³-hybridized carbons (Fsp3) is 0.852. The van der Waals surface area contributed by atoms with Gasteiger partial charge in [0.25, 0.3) is 6.47 Å². The minimum absolute atomic E-state index is 0.167. The molecule has 0 unspecified atom stereocenters. The first kappa shape index (κ1) is 31.3. The molecule has 0 aliphatic carbocycles. The van der Waals surface area contributed by atoms with Gasteiger partial charge in [-0.1, -0.05) is 39.8 Å². The first-order chi connectivity index (χ1) is 18.0. The average Bonchev–Trinajstić information content (AvgIpc) is 3.13. The molecule has 10 atom stereocenters. The number of amides is 1. The van der Waals surface area contributed by atoms with Gasteiger partial charge in [0.1, 0.15) is 35.9 Å². The molecule has 218 valence electrons. The van der Waals surface area contributed by atoms with Gasteiger partial charge in [0.05, 0.1) is 12.1 Å². The highest BCUT2D eigenvalue weighted by Gasteiger charge is 2.52. The third kappa shape index (κ3) is 7.50. The molecule has 3 saturated heterocycles. The molecule has 0 saturated carbocycles. The largest absolute Gasteiger partial charge is 0.483 e. The molecule has 4 aliphatic heterocycles. The lowest BCUT2D eigenvalue weighted by atomic mass is 9.75. The van der Waals surface area contributed by atoms with E-state index in [-0.39, 0.29) is 18.5 Å². The first-order valence-corrected chi connectivity index (χ1v) is 14.7. The maximum atomic E-state index is 13.7. The maximum absolute atomic E-state index is 13.7. The Bertz CT molecular complexity index is 812. The summed E-state index contributed by atoms with van der Waals surface area (Å²) in [4.78, 5) is 22.0. The van der Waals surface area contributed by atoms with Gasteiger partial charge in [0.15, 0.2) is 0 Å². The zero-order chi connectivity index (χ0) is 28.0. The Kier molecular flexibility index (Phi) is 11.5. The summed E-state index contributed by atoms with van der Waals surface area (Å²) in [6.45, 7) is 9.73. The van der Waals surface area contributed by atoms with Gasteiger partial charge in [-0.05, 0) is 48.9 Å². The van der Waals surface area contributed by atoms with Crippen molar-refractivity contribution in [3.63, 3.8) is 0 Å². The van der Waals surface area contributed by atoms with Crippen molar-refractivity contribution in [3.8, 4) is 0 Å². The molecular formula is C27H46N2O8S. The van der Waals surface area contributed by atoms with Crippen molar-refractivity contribution >= 4 is 24.1 Å². The number of aliphatic hydroxyl groups is 3. The van der Waals surface area contributed by atoms with Gasteiger partial charge in [0.2, 0.25) is 5.91 Å². The normalized spacial score (nSPS) is 40.7. The van der Waals surface area contributed by atoms with Crippen LogP contribution in [0.4, 0.5) is 0 Å². The number of hydrogen-bond acceptors (Lipinski definition) is 9. The summed E-state index contributed by atoms with van der Waals surface area (Å²) in [5.41, 5.74) is -1.15. The molecule has 0 aromatic heterocycles. The molecule has 0 aromatic carbocycles. The van der Waals surface area contributed by atoms with Crippen LogP contribution in [0.5, 0.6) is 0 Å². The lowest BCUT2D eigenvalue weighted by Crippen LogP contribution is -2.67. The summed E-state index contributed by atoms with van der Waals surface area (Å²) in [6, 6.07) is -1.04. The molecule has 0 radical (unpaired) electrons. The molecule has 11 heteroatoms. The van der Waals surface area contributed by atoms with Crippen LogP contribution in [-0.4, -0.2) is 99.7 Å². The summed E-state index contributed by atoms with van der Waals surface area (Å²) in [6.07, 6.45) is 3.16. The average molecular weight is 559 g/mol. The van der Waals surface area contributed by atoms with Crippen molar-refractivity contribution in [1.29, 1.82) is 0 Å². The Hall–Kier alpha value is -1.21. The lowest BCUT2D eigenvalue weighted by Gasteiger charge is -2.48. The predicted octanol–water partition coefficient (Wildman–Crippen LogP) is 1.13. The number of allylic oxidation sites excluding steroid dienone is 1.